The van der Waals surface area contributed by atoms with Crippen molar-refractivity contribution in [2.24, 2.45) is 5.92 Å². The van der Waals surface area contributed by atoms with Crippen molar-refractivity contribution in [3.8, 4) is 0 Å². The lowest BCUT2D eigenvalue weighted by atomic mass is 9.81. The minimum absolute atomic E-state index is 0.0493. The fourth-order valence-electron chi connectivity index (χ4n) is 2.84. The first-order chi connectivity index (χ1) is 9.10. The van der Waals surface area contributed by atoms with Crippen molar-refractivity contribution in [1.82, 2.24) is 0 Å². The second-order valence-electron chi connectivity index (χ2n) is 5.13. The first-order valence-corrected chi connectivity index (χ1v) is 8.71. The Balaban J connectivity index is 1.78. The lowest BCUT2D eigenvalue weighted by molar-refractivity contribution is -0.0920. The maximum absolute atomic E-state index is 12.6. The highest BCUT2D eigenvalue weighted by molar-refractivity contribution is 9.12. The van der Waals surface area contributed by atoms with Gasteiger partial charge in [-0.05, 0) is 50.8 Å². The summed E-state index contributed by atoms with van der Waals surface area (Å²) in [5.41, 5.74) is 0.580. The van der Waals surface area contributed by atoms with Crippen LogP contribution < -0.4 is 0 Å². The highest BCUT2D eigenvalue weighted by Gasteiger charge is 2.43. The van der Waals surface area contributed by atoms with Crippen LogP contribution in [0.5, 0.6) is 0 Å². The Morgan fingerprint density at radius 3 is 2.89 bits per heavy atom. The Hall–Kier alpha value is 0.250. The summed E-state index contributed by atoms with van der Waals surface area (Å²) in [5, 5.41) is 0. The Morgan fingerprint density at radius 1 is 1.42 bits per heavy atom. The number of ether oxygens (including phenoxy) is 2. The molecule has 3 rings (SSSR count). The van der Waals surface area contributed by atoms with Crippen LogP contribution >= 0.6 is 43.2 Å². The number of ketones is 1. The molecule has 1 aromatic rings. The van der Waals surface area contributed by atoms with Crippen molar-refractivity contribution in [3.63, 3.8) is 0 Å². The standard InChI is InChI=1S/C13H14Br2O3S/c14-10-5-9(12(15)19-10)11(16)8-1-3-18-13(6-8)2-4-17-7-13/h5,8H,1-4,6-7H2. The van der Waals surface area contributed by atoms with Crippen LogP contribution in [0.15, 0.2) is 13.6 Å². The zero-order chi connectivity index (χ0) is 13.5. The predicted molar refractivity (Wildman–Crippen MR) is 80.9 cm³/mol. The van der Waals surface area contributed by atoms with Crippen LogP contribution in [0.3, 0.4) is 0 Å². The Labute approximate surface area is 132 Å². The van der Waals surface area contributed by atoms with E-state index in [1.54, 1.807) is 11.3 Å². The Kier molecular flexibility index (Phi) is 4.16. The molecule has 2 saturated heterocycles. The van der Waals surface area contributed by atoms with Crippen molar-refractivity contribution in [2.45, 2.75) is 24.9 Å². The molecule has 2 aliphatic rings. The molecule has 0 saturated carbocycles. The van der Waals surface area contributed by atoms with Gasteiger partial charge < -0.3 is 9.47 Å². The number of hydrogen-bond donors (Lipinski definition) is 0. The molecule has 0 N–H and O–H groups in total. The SMILES string of the molecule is O=C(c1cc(Br)sc1Br)C1CCOC2(CCOC2)C1. The van der Waals surface area contributed by atoms with E-state index in [0.717, 1.165) is 39.0 Å². The number of carbonyl (C=O) groups excluding carboxylic acids is 1. The van der Waals surface area contributed by atoms with Crippen LogP contribution in [0.4, 0.5) is 0 Å². The summed E-state index contributed by atoms with van der Waals surface area (Å²) in [6.45, 7) is 2.03. The molecule has 1 aromatic heterocycles. The average molecular weight is 410 g/mol. The summed E-state index contributed by atoms with van der Waals surface area (Å²) in [7, 11) is 0. The van der Waals surface area contributed by atoms with Gasteiger partial charge in [0.25, 0.3) is 0 Å². The van der Waals surface area contributed by atoms with E-state index in [9.17, 15) is 4.79 Å². The van der Waals surface area contributed by atoms with E-state index in [2.05, 4.69) is 31.9 Å². The summed E-state index contributed by atoms with van der Waals surface area (Å²) >= 11 is 8.44. The molecule has 2 fully saturated rings. The molecule has 0 aliphatic carbocycles. The molecule has 0 radical (unpaired) electrons. The van der Waals surface area contributed by atoms with E-state index < -0.39 is 0 Å². The van der Waals surface area contributed by atoms with Gasteiger partial charge in [0.2, 0.25) is 0 Å². The van der Waals surface area contributed by atoms with Crippen molar-refractivity contribution < 1.29 is 14.3 Å². The minimum atomic E-state index is -0.210. The van der Waals surface area contributed by atoms with Gasteiger partial charge in [-0.2, -0.15) is 0 Å². The van der Waals surface area contributed by atoms with Crippen LogP contribution in [0.2, 0.25) is 0 Å². The second kappa shape index (κ2) is 5.56. The fraction of sp³-hybridized carbons (Fsp3) is 0.615. The van der Waals surface area contributed by atoms with Crippen LogP contribution in [-0.4, -0.2) is 31.2 Å². The van der Waals surface area contributed by atoms with Gasteiger partial charge in [-0.1, -0.05) is 0 Å². The molecule has 2 unspecified atom stereocenters. The molecule has 0 amide bonds. The summed E-state index contributed by atoms with van der Waals surface area (Å²) in [4.78, 5) is 12.6. The zero-order valence-electron chi connectivity index (χ0n) is 10.3. The monoisotopic (exact) mass is 408 g/mol. The topological polar surface area (TPSA) is 35.5 Å². The molecule has 2 atom stereocenters. The van der Waals surface area contributed by atoms with Gasteiger partial charge >= 0.3 is 0 Å². The molecule has 1 spiro atoms. The molecule has 3 heterocycles. The number of carbonyl (C=O) groups is 1. The number of thiophene rings is 1. The normalized spacial score (nSPS) is 30.9. The molecule has 3 nitrogen and oxygen atoms in total. The van der Waals surface area contributed by atoms with Crippen molar-refractivity contribution in [1.29, 1.82) is 0 Å². The number of rotatable bonds is 2. The van der Waals surface area contributed by atoms with Crippen molar-refractivity contribution in [3.05, 3.63) is 19.2 Å². The van der Waals surface area contributed by atoms with E-state index in [1.807, 2.05) is 6.07 Å². The smallest absolute Gasteiger partial charge is 0.168 e. The maximum atomic E-state index is 12.6. The van der Waals surface area contributed by atoms with Gasteiger partial charge in [-0.15, -0.1) is 11.3 Å². The van der Waals surface area contributed by atoms with E-state index in [4.69, 9.17) is 9.47 Å². The van der Waals surface area contributed by atoms with E-state index in [-0.39, 0.29) is 17.3 Å². The largest absolute Gasteiger partial charge is 0.378 e. The number of Topliss-reactive ketones (excluding diaryl/α,β-unsaturated/α-hetero) is 1. The molecule has 19 heavy (non-hydrogen) atoms. The third-order valence-corrected chi connectivity index (χ3v) is 6.19. The summed E-state index contributed by atoms with van der Waals surface area (Å²) in [6, 6.07) is 1.91. The van der Waals surface area contributed by atoms with E-state index >= 15 is 0 Å². The van der Waals surface area contributed by atoms with Crippen molar-refractivity contribution in [2.75, 3.05) is 19.8 Å². The van der Waals surface area contributed by atoms with Gasteiger partial charge in [0.05, 0.1) is 19.8 Å². The Morgan fingerprint density at radius 2 is 2.26 bits per heavy atom. The quantitative estimate of drug-likeness (QED) is 0.691. The molecule has 0 aromatic carbocycles. The summed E-state index contributed by atoms with van der Waals surface area (Å²) in [5.74, 6) is 0.275. The zero-order valence-corrected chi connectivity index (χ0v) is 14.3. The molecular weight excluding hydrogens is 396 g/mol. The molecule has 104 valence electrons. The molecule has 2 aliphatic heterocycles. The Bertz CT molecular complexity index is 494. The highest BCUT2D eigenvalue weighted by Crippen LogP contribution is 2.39. The van der Waals surface area contributed by atoms with Gasteiger partial charge in [-0.3, -0.25) is 4.79 Å². The van der Waals surface area contributed by atoms with Gasteiger partial charge in [-0.25, -0.2) is 0 Å². The van der Waals surface area contributed by atoms with Crippen LogP contribution in [0, 0.1) is 5.92 Å². The lowest BCUT2D eigenvalue weighted by Crippen LogP contribution is -2.42. The highest BCUT2D eigenvalue weighted by atomic mass is 79.9. The van der Waals surface area contributed by atoms with Crippen LogP contribution in [-0.2, 0) is 9.47 Å². The van der Waals surface area contributed by atoms with Gasteiger partial charge in [0.15, 0.2) is 5.78 Å². The third kappa shape index (κ3) is 2.83. The van der Waals surface area contributed by atoms with E-state index in [0.29, 0.717) is 13.2 Å². The van der Waals surface area contributed by atoms with Gasteiger partial charge in [0, 0.05) is 31.1 Å². The first kappa shape index (κ1) is 14.2. The molecular formula is C13H14Br2O3S. The minimum Gasteiger partial charge on any atom is -0.378 e. The number of halogens is 2. The maximum Gasteiger partial charge on any atom is 0.168 e. The second-order valence-corrected chi connectivity index (χ2v) is 8.88. The van der Waals surface area contributed by atoms with Crippen LogP contribution in [0.1, 0.15) is 29.6 Å². The van der Waals surface area contributed by atoms with E-state index in [1.165, 1.54) is 0 Å². The molecule has 0 bridgehead atoms. The average Bonchev–Trinajstić information content (AvgIpc) is 2.96. The van der Waals surface area contributed by atoms with Crippen molar-refractivity contribution >= 4 is 49.0 Å². The summed E-state index contributed by atoms with van der Waals surface area (Å²) in [6.07, 6.45) is 2.50. The predicted octanol–water partition coefficient (Wildman–Crippen LogP) is 4.04. The molecule has 6 heteroatoms. The summed E-state index contributed by atoms with van der Waals surface area (Å²) < 4.78 is 13.2. The van der Waals surface area contributed by atoms with Crippen LogP contribution in [0.25, 0.3) is 0 Å². The third-order valence-electron chi connectivity index (χ3n) is 3.85. The van der Waals surface area contributed by atoms with Gasteiger partial charge in [0.1, 0.15) is 0 Å². The number of hydrogen-bond acceptors (Lipinski definition) is 4. The lowest BCUT2D eigenvalue weighted by Gasteiger charge is -2.36. The fourth-order valence-corrected chi connectivity index (χ4v) is 5.66. The first-order valence-electron chi connectivity index (χ1n) is 6.30.